The number of benzene rings is 2. The van der Waals surface area contributed by atoms with Gasteiger partial charge in [0, 0.05) is 17.2 Å². The lowest BCUT2D eigenvalue weighted by atomic mass is 9.92. The Morgan fingerprint density at radius 1 is 1.00 bits per heavy atom. The normalized spacial score (nSPS) is 14.3. The van der Waals surface area contributed by atoms with Crippen LogP contribution in [0.3, 0.4) is 0 Å². The Balaban J connectivity index is 2.27. The molecule has 0 radical (unpaired) electrons. The highest BCUT2D eigenvalue weighted by molar-refractivity contribution is 7.80. The van der Waals surface area contributed by atoms with Crippen molar-refractivity contribution in [2.24, 2.45) is 0 Å². The summed E-state index contributed by atoms with van der Waals surface area (Å²) in [4.78, 5) is 9.06. The Bertz CT molecular complexity index is 514. The van der Waals surface area contributed by atoms with Gasteiger partial charge >= 0.3 is 6.95 Å². The van der Waals surface area contributed by atoms with Crippen LogP contribution < -0.4 is 0 Å². The van der Waals surface area contributed by atoms with Crippen LogP contribution in [0.25, 0.3) is 0 Å². The molecular weight excluding hydrogens is 283 g/mol. The summed E-state index contributed by atoms with van der Waals surface area (Å²) < 4.78 is 16.0. The van der Waals surface area contributed by atoms with E-state index in [-0.39, 0.29) is 12.5 Å². The molecule has 0 bridgehead atoms. The van der Waals surface area contributed by atoms with Crippen LogP contribution in [0.15, 0.2) is 60.7 Å². The highest BCUT2D eigenvalue weighted by Gasteiger charge is 2.20. The van der Waals surface area contributed by atoms with Crippen LogP contribution in [0.5, 0.6) is 0 Å². The van der Waals surface area contributed by atoms with Gasteiger partial charge in [0.1, 0.15) is 0 Å². The minimum atomic E-state index is -3.99. The molecule has 0 aromatic heterocycles. The van der Waals surface area contributed by atoms with Crippen LogP contribution in [0.1, 0.15) is 17.0 Å². The molecule has 2 aromatic carbocycles. The predicted molar refractivity (Wildman–Crippen MR) is 76.4 cm³/mol. The lowest BCUT2D eigenvalue weighted by Gasteiger charge is -2.18. The minimum absolute atomic E-state index is 0.0608. The molecule has 0 amide bonds. The monoisotopic (exact) mass is 296 g/mol. The molecular formula is C14H14ClO3P. The van der Waals surface area contributed by atoms with Crippen LogP contribution in [-0.4, -0.2) is 11.5 Å². The third-order valence-electron chi connectivity index (χ3n) is 2.80. The smallest absolute Gasteiger partial charge is 0.313 e. The SMILES string of the molecule is O=P(O)(Cl)OCC(c1ccccc1)c1ccccc1. The standard InChI is InChI=1S/C14H14ClO3P/c15-19(16,17)18-11-14(12-7-3-1-4-8-12)13-9-5-2-6-10-13/h1-10,14H,11H2,(H,16,17). The van der Waals surface area contributed by atoms with Crippen LogP contribution in [0.4, 0.5) is 0 Å². The molecule has 0 aliphatic heterocycles. The van der Waals surface area contributed by atoms with E-state index in [9.17, 15) is 4.57 Å². The summed E-state index contributed by atoms with van der Waals surface area (Å²) in [6, 6.07) is 19.4. The van der Waals surface area contributed by atoms with Gasteiger partial charge in [0.2, 0.25) is 0 Å². The van der Waals surface area contributed by atoms with Gasteiger partial charge in [-0.25, -0.2) is 4.57 Å². The highest BCUT2D eigenvalue weighted by Crippen LogP contribution is 2.48. The second-order valence-electron chi connectivity index (χ2n) is 4.12. The quantitative estimate of drug-likeness (QED) is 0.842. The minimum Gasteiger partial charge on any atom is -0.313 e. The van der Waals surface area contributed by atoms with Crippen molar-refractivity contribution >= 4 is 18.2 Å². The van der Waals surface area contributed by atoms with E-state index in [0.717, 1.165) is 11.1 Å². The zero-order valence-electron chi connectivity index (χ0n) is 10.1. The predicted octanol–water partition coefficient (Wildman–Crippen LogP) is 4.17. The molecule has 2 rings (SSSR count). The second-order valence-corrected chi connectivity index (χ2v) is 6.56. The Hall–Kier alpha value is -1.12. The third-order valence-corrected chi connectivity index (χ3v) is 3.56. The van der Waals surface area contributed by atoms with E-state index >= 15 is 0 Å². The molecule has 0 fully saturated rings. The average molecular weight is 297 g/mol. The fourth-order valence-corrected chi connectivity index (χ4v) is 2.42. The van der Waals surface area contributed by atoms with Crippen molar-refractivity contribution in [2.45, 2.75) is 5.92 Å². The molecule has 5 heteroatoms. The maximum absolute atomic E-state index is 11.1. The number of hydrogen-bond donors (Lipinski definition) is 1. The molecule has 0 heterocycles. The van der Waals surface area contributed by atoms with E-state index in [4.69, 9.17) is 20.7 Å². The molecule has 3 nitrogen and oxygen atoms in total. The van der Waals surface area contributed by atoms with E-state index in [1.807, 2.05) is 60.7 Å². The summed E-state index contributed by atoms with van der Waals surface area (Å²) in [5.41, 5.74) is 2.03. The van der Waals surface area contributed by atoms with Gasteiger partial charge in [-0.15, -0.1) is 0 Å². The van der Waals surface area contributed by atoms with E-state index in [1.54, 1.807) is 0 Å². The van der Waals surface area contributed by atoms with E-state index in [2.05, 4.69) is 0 Å². The number of hydrogen-bond acceptors (Lipinski definition) is 2. The summed E-state index contributed by atoms with van der Waals surface area (Å²) in [5.74, 6) is -0.123. The van der Waals surface area contributed by atoms with Gasteiger partial charge in [0.05, 0.1) is 6.61 Å². The average Bonchev–Trinajstić information content (AvgIpc) is 2.40. The van der Waals surface area contributed by atoms with E-state index in [1.165, 1.54) is 0 Å². The first-order valence-corrected chi connectivity index (χ1v) is 8.31. The maximum Gasteiger partial charge on any atom is 0.421 e. The Morgan fingerprint density at radius 2 is 1.42 bits per heavy atom. The van der Waals surface area contributed by atoms with Gasteiger partial charge in [-0.05, 0) is 11.1 Å². The summed E-state index contributed by atoms with van der Waals surface area (Å²) in [7, 11) is 0. The van der Waals surface area contributed by atoms with Gasteiger partial charge in [0.25, 0.3) is 0 Å². The largest absolute Gasteiger partial charge is 0.421 e. The maximum atomic E-state index is 11.1. The van der Waals surface area contributed by atoms with E-state index < -0.39 is 6.95 Å². The number of halogens is 1. The summed E-state index contributed by atoms with van der Waals surface area (Å²) in [6.07, 6.45) is 0. The molecule has 100 valence electrons. The highest BCUT2D eigenvalue weighted by atomic mass is 35.7. The first-order valence-electron chi connectivity index (χ1n) is 5.83. The van der Waals surface area contributed by atoms with Gasteiger partial charge in [-0.2, -0.15) is 0 Å². The van der Waals surface area contributed by atoms with Crippen LogP contribution in [0.2, 0.25) is 0 Å². The van der Waals surface area contributed by atoms with Crippen molar-refractivity contribution in [2.75, 3.05) is 6.61 Å². The van der Waals surface area contributed by atoms with Crippen LogP contribution in [-0.2, 0) is 9.09 Å². The van der Waals surface area contributed by atoms with Crippen molar-refractivity contribution in [3.05, 3.63) is 71.8 Å². The van der Waals surface area contributed by atoms with E-state index in [0.29, 0.717) is 0 Å². The lowest BCUT2D eigenvalue weighted by molar-refractivity contribution is 0.265. The summed E-state index contributed by atoms with van der Waals surface area (Å²) in [6.45, 7) is -3.93. The molecule has 19 heavy (non-hydrogen) atoms. The summed E-state index contributed by atoms with van der Waals surface area (Å²) in [5, 5.41) is 0. The van der Waals surface area contributed by atoms with Crippen molar-refractivity contribution < 1.29 is 14.0 Å². The Labute approximate surface area is 117 Å². The van der Waals surface area contributed by atoms with Crippen molar-refractivity contribution in [3.8, 4) is 0 Å². The first kappa shape index (κ1) is 14.3. The van der Waals surface area contributed by atoms with Crippen LogP contribution in [0, 0.1) is 0 Å². The van der Waals surface area contributed by atoms with Crippen molar-refractivity contribution in [1.82, 2.24) is 0 Å². The van der Waals surface area contributed by atoms with Gasteiger partial charge in [-0.3, -0.25) is 4.52 Å². The zero-order valence-corrected chi connectivity index (χ0v) is 11.8. The molecule has 0 aliphatic carbocycles. The topological polar surface area (TPSA) is 46.5 Å². The van der Waals surface area contributed by atoms with Crippen molar-refractivity contribution in [3.63, 3.8) is 0 Å². The molecule has 0 spiro atoms. The van der Waals surface area contributed by atoms with Gasteiger partial charge < -0.3 is 4.89 Å². The molecule has 1 atom stereocenters. The zero-order chi connectivity index (χ0) is 13.7. The second kappa shape index (κ2) is 6.36. The Kier molecular flexibility index (Phi) is 4.78. The third kappa shape index (κ3) is 4.48. The fraction of sp³-hybridized carbons (Fsp3) is 0.143. The van der Waals surface area contributed by atoms with Gasteiger partial charge in [-0.1, -0.05) is 60.7 Å². The molecule has 0 saturated heterocycles. The van der Waals surface area contributed by atoms with Crippen LogP contribution >= 0.6 is 18.2 Å². The molecule has 0 aliphatic rings. The Morgan fingerprint density at radius 3 is 1.79 bits per heavy atom. The van der Waals surface area contributed by atoms with Crippen molar-refractivity contribution in [1.29, 1.82) is 0 Å². The molecule has 1 N–H and O–H groups in total. The first-order chi connectivity index (χ1) is 9.06. The number of rotatable bonds is 5. The fourth-order valence-electron chi connectivity index (χ4n) is 1.92. The molecule has 1 unspecified atom stereocenters. The summed E-state index contributed by atoms with van der Waals surface area (Å²) >= 11 is 5.24. The lowest BCUT2D eigenvalue weighted by Crippen LogP contribution is -2.08. The molecule has 2 aromatic rings. The van der Waals surface area contributed by atoms with Gasteiger partial charge in [0.15, 0.2) is 0 Å². The molecule has 0 saturated carbocycles.